The highest BCUT2D eigenvalue weighted by molar-refractivity contribution is 6.42. The van der Waals surface area contributed by atoms with Crippen LogP contribution in [0.1, 0.15) is 17.9 Å². The number of hydrogen-bond donors (Lipinski definition) is 3. The number of pyridine rings is 1. The number of hydrogen-bond acceptors (Lipinski definition) is 5. The lowest BCUT2D eigenvalue weighted by Gasteiger charge is -2.30. The fourth-order valence-electron chi connectivity index (χ4n) is 3.91. The van der Waals surface area contributed by atoms with Crippen LogP contribution in [-0.2, 0) is 9.53 Å². The topological polar surface area (TPSA) is 97.5 Å². The molecule has 1 aromatic carbocycles. The van der Waals surface area contributed by atoms with Crippen molar-refractivity contribution in [1.82, 2.24) is 4.98 Å². The second-order valence-corrected chi connectivity index (χ2v) is 7.44. The van der Waals surface area contributed by atoms with Crippen LogP contribution in [0.3, 0.4) is 0 Å². The molecule has 3 heterocycles. The molecule has 0 spiro atoms. The maximum Gasteiger partial charge on any atom is 0.230 e. The van der Waals surface area contributed by atoms with Crippen LogP contribution >= 0.6 is 23.2 Å². The molecule has 2 aliphatic rings. The zero-order valence-corrected chi connectivity index (χ0v) is 15.1. The van der Waals surface area contributed by atoms with Gasteiger partial charge in [-0.3, -0.25) is 4.79 Å². The highest BCUT2D eigenvalue weighted by atomic mass is 35.5. The number of aliphatic hydroxyl groups excluding tert-OH is 1. The number of benzene rings is 1. The Kier molecular flexibility index (Phi) is 4.52. The SMILES string of the molecule is Nc1cc([C@H]2[C@H]3O[C@H](C[C@@H]3O)[C@@H]2C(=O)Nc2ccc(Cl)c(Cl)c2)ccn1. The summed E-state index contributed by atoms with van der Waals surface area (Å²) in [5.41, 5.74) is 7.18. The van der Waals surface area contributed by atoms with Crippen LogP contribution < -0.4 is 11.1 Å². The van der Waals surface area contributed by atoms with E-state index in [1.807, 2.05) is 0 Å². The standard InChI is InChI=1S/C18H17Cl2N3O3/c19-10-2-1-9(6-11(10)20)23-18(25)16-13-7-12(24)17(26-13)15(16)8-3-4-22-14(21)5-8/h1-6,12-13,15-17,24H,7H2,(H2,21,22)(H,23,25)/t12-,13+,15+,16-,17-/m0/s1. The summed E-state index contributed by atoms with van der Waals surface area (Å²) in [5, 5.41) is 13.9. The molecule has 1 amide bonds. The number of nitrogens with two attached hydrogens (primary N) is 1. The summed E-state index contributed by atoms with van der Waals surface area (Å²) >= 11 is 11.9. The third-order valence-corrected chi connectivity index (χ3v) is 5.75. The van der Waals surface area contributed by atoms with E-state index >= 15 is 0 Å². The molecule has 26 heavy (non-hydrogen) atoms. The zero-order chi connectivity index (χ0) is 18.4. The maximum absolute atomic E-state index is 13.0. The van der Waals surface area contributed by atoms with Crippen LogP contribution in [0, 0.1) is 5.92 Å². The number of aromatic nitrogens is 1. The first-order valence-electron chi connectivity index (χ1n) is 8.25. The quantitative estimate of drug-likeness (QED) is 0.744. The van der Waals surface area contributed by atoms with Gasteiger partial charge >= 0.3 is 0 Å². The molecular formula is C18H17Cl2N3O3. The third-order valence-electron chi connectivity index (χ3n) is 5.01. The van der Waals surface area contributed by atoms with Gasteiger partial charge in [0.05, 0.1) is 34.3 Å². The third kappa shape index (κ3) is 3.03. The predicted molar refractivity (Wildman–Crippen MR) is 99.3 cm³/mol. The molecule has 2 aliphatic heterocycles. The van der Waals surface area contributed by atoms with Gasteiger partial charge in [0.2, 0.25) is 5.91 Å². The molecule has 0 aliphatic carbocycles. The Hall–Kier alpha value is -1.86. The molecule has 0 saturated carbocycles. The summed E-state index contributed by atoms with van der Waals surface area (Å²) in [4.78, 5) is 17.0. The summed E-state index contributed by atoms with van der Waals surface area (Å²) in [6.45, 7) is 0. The second-order valence-electron chi connectivity index (χ2n) is 6.63. The molecule has 8 heteroatoms. The van der Waals surface area contributed by atoms with E-state index in [9.17, 15) is 9.90 Å². The van der Waals surface area contributed by atoms with Gasteiger partial charge in [0.25, 0.3) is 0 Å². The fraction of sp³-hybridized carbons (Fsp3) is 0.333. The monoisotopic (exact) mass is 393 g/mol. The van der Waals surface area contributed by atoms with Gasteiger partial charge in [0.1, 0.15) is 5.82 Å². The van der Waals surface area contributed by atoms with Crippen LogP contribution in [0.4, 0.5) is 11.5 Å². The molecule has 2 saturated heterocycles. The number of anilines is 2. The Morgan fingerprint density at radius 2 is 2.08 bits per heavy atom. The van der Waals surface area contributed by atoms with Crippen LogP contribution in [0.5, 0.6) is 0 Å². The van der Waals surface area contributed by atoms with E-state index in [0.29, 0.717) is 28.0 Å². The van der Waals surface area contributed by atoms with E-state index in [4.69, 9.17) is 33.7 Å². The number of carbonyl (C=O) groups is 1. The summed E-state index contributed by atoms with van der Waals surface area (Å²) in [6.07, 6.45) is 0.634. The summed E-state index contributed by atoms with van der Waals surface area (Å²) < 4.78 is 5.89. The van der Waals surface area contributed by atoms with Crippen molar-refractivity contribution in [3.63, 3.8) is 0 Å². The minimum Gasteiger partial charge on any atom is -0.390 e. The molecule has 4 rings (SSSR count). The fourth-order valence-corrected chi connectivity index (χ4v) is 4.21. The van der Waals surface area contributed by atoms with Crippen LogP contribution in [0.15, 0.2) is 36.5 Å². The first-order valence-corrected chi connectivity index (χ1v) is 9.00. The number of ether oxygens (including phenoxy) is 1. The minimum absolute atomic E-state index is 0.192. The number of nitrogen functional groups attached to an aromatic ring is 1. The molecule has 1 aromatic heterocycles. The molecule has 6 nitrogen and oxygen atoms in total. The Balaban J connectivity index is 1.62. The molecule has 0 unspecified atom stereocenters. The molecule has 2 bridgehead atoms. The Morgan fingerprint density at radius 1 is 1.27 bits per heavy atom. The second kappa shape index (κ2) is 6.70. The highest BCUT2D eigenvalue weighted by Gasteiger charge is 2.57. The lowest BCUT2D eigenvalue weighted by molar-refractivity contribution is -0.121. The number of carbonyl (C=O) groups excluding carboxylic acids is 1. The van der Waals surface area contributed by atoms with Crippen molar-refractivity contribution < 1.29 is 14.6 Å². The van der Waals surface area contributed by atoms with Crippen LogP contribution in [0.25, 0.3) is 0 Å². The van der Waals surface area contributed by atoms with Crippen molar-refractivity contribution in [1.29, 1.82) is 0 Å². The highest BCUT2D eigenvalue weighted by Crippen LogP contribution is 2.49. The Morgan fingerprint density at radius 3 is 2.81 bits per heavy atom. The van der Waals surface area contributed by atoms with E-state index in [1.54, 1.807) is 36.5 Å². The van der Waals surface area contributed by atoms with E-state index < -0.39 is 18.1 Å². The lowest BCUT2D eigenvalue weighted by Crippen LogP contribution is -2.41. The van der Waals surface area contributed by atoms with Gasteiger partial charge in [-0.2, -0.15) is 0 Å². The van der Waals surface area contributed by atoms with E-state index in [1.165, 1.54) is 0 Å². The van der Waals surface area contributed by atoms with Crippen molar-refractivity contribution in [2.45, 2.75) is 30.7 Å². The minimum atomic E-state index is -0.603. The number of halogens is 2. The van der Waals surface area contributed by atoms with Gasteiger partial charge in [-0.15, -0.1) is 0 Å². The summed E-state index contributed by atoms with van der Waals surface area (Å²) in [5.74, 6) is -0.567. The van der Waals surface area contributed by atoms with Crippen molar-refractivity contribution in [3.8, 4) is 0 Å². The zero-order valence-electron chi connectivity index (χ0n) is 13.6. The number of fused-ring (bicyclic) bond motifs is 2. The maximum atomic E-state index is 13.0. The number of nitrogens with zero attached hydrogens (tertiary/aromatic N) is 1. The van der Waals surface area contributed by atoms with Gasteiger partial charge in [-0.1, -0.05) is 23.2 Å². The first-order chi connectivity index (χ1) is 12.4. The molecular weight excluding hydrogens is 377 g/mol. The largest absolute Gasteiger partial charge is 0.390 e. The smallest absolute Gasteiger partial charge is 0.230 e. The van der Waals surface area contributed by atoms with Gasteiger partial charge in [0, 0.05) is 24.2 Å². The van der Waals surface area contributed by atoms with Crippen LogP contribution in [0.2, 0.25) is 10.0 Å². The summed E-state index contributed by atoms with van der Waals surface area (Å²) in [7, 11) is 0. The molecule has 5 atom stereocenters. The number of nitrogens with one attached hydrogen (secondary N) is 1. The van der Waals surface area contributed by atoms with Gasteiger partial charge in [0.15, 0.2) is 0 Å². The Labute approximate surface area is 160 Å². The lowest BCUT2D eigenvalue weighted by atomic mass is 9.74. The molecule has 2 aromatic rings. The van der Waals surface area contributed by atoms with Crippen LogP contribution in [-0.4, -0.2) is 34.3 Å². The van der Waals surface area contributed by atoms with Gasteiger partial charge in [-0.25, -0.2) is 4.98 Å². The van der Waals surface area contributed by atoms with Crippen molar-refractivity contribution >= 4 is 40.6 Å². The molecule has 4 N–H and O–H groups in total. The van der Waals surface area contributed by atoms with Crippen molar-refractivity contribution in [2.75, 3.05) is 11.1 Å². The average Bonchev–Trinajstić information content (AvgIpc) is 3.15. The van der Waals surface area contributed by atoms with Crippen molar-refractivity contribution in [2.24, 2.45) is 5.92 Å². The molecule has 136 valence electrons. The molecule has 0 radical (unpaired) electrons. The van der Waals surface area contributed by atoms with Gasteiger partial charge in [-0.05, 0) is 35.9 Å². The first kappa shape index (κ1) is 17.5. The van der Waals surface area contributed by atoms with E-state index in [2.05, 4.69) is 10.3 Å². The van der Waals surface area contributed by atoms with Crippen molar-refractivity contribution in [3.05, 3.63) is 52.1 Å². The Bertz CT molecular complexity index is 863. The summed E-state index contributed by atoms with van der Waals surface area (Å²) in [6, 6.07) is 8.44. The van der Waals surface area contributed by atoms with Gasteiger partial charge < -0.3 is 20.9 Å². The number of rotatable bonds is 3. The van der Waals surface area contributed by atoms with E-state index in [0.717, 1.165) is 5.56 Å². The number of aliphatic hydroxyl groups is 1. The number of amides is 1. The average molecular weight is 394 g/mol. The predicted octanol–water partition coefficient (Wildman–Crippen LogP) is 2.84. The van der Waals surface area contributed by atoms with E-state index in [-0.39, 0.29) is 17.9 Å². The normalized spacial score (nSPS) is 29.7. The molecule has 2 fully saturated rings.